The number of aromatic nitrogens is 3. The summed E-state index contributed by atoms with van der Waals surface area (Å²) in [6.45, 7) is 5.69. The zero-order valence-electron chi connectivity index (χ0n) is 18.4. The predicted octanol–water partition coefficient (Wildman–Crippen LogP) is 3.03. The van der Waals surface area contributed by atoms with E-state index in [-0.39, 0.29) is 29.4 Å². The molecule has 0 bridgehead atoms. The first kappa shape index (κ1) is 25.7. The number of rotatable bonds is 8. The maximum absolute atomic E-state index is 6.33. The van der Waals surface area contributed by atoms with E-state index in [1.54, 1.807) is 20.5 Å². The van der Waals surface area contributed by atoms with Gasteiger partial charge in [-0.15, -0.1) is 34.2 Å². The molecule has 1 fully saturated rings. The van der Waals surface area contributed by atoms with Gasteiger partial charge in [-0.2, -0.15) is 0 Å². The van der Waals surface area contributed by atoms with E-state index in [4.69, 9.17) is 21.1 Å². The van der Waals surface area contributed by atoms with Crippen LogP contribution in [0.5, 0.6) is 5.75 Å². The van der Waals surface area contributed by atoms with E-state index in [2.05, 4.69) is 37.3 Å². The topological polar surface area (TPSA) is 85.6 Å². The molecule has 2 aromatic rings. The van der Waals surface area contributed by atoms with Gasteiger partial charge >= 0.3 is 0 Å². The molecular weight excluding hydrogens is 531 g/mol. The molecular formula is C21H32ClIN6O2. The number of nitrogens with zero attached hydrogens (tertiary/aromatic N) is 4. The molecule has 0 aliphatic carbocycles. The SMILES string of the molecule is CCc1nncn1CCNC(=NC)NCC1(c2cc(Cl)ccc2OC)CCOCC1.I. The molecule has 1 saturated heterocycles. The van der Waals surface area contributed by atoms with Gasteiger partial charge in [-0.05, 0) is 31.0 Å². The number of hydrogen-bond donors (Lipinski definition) is 2. The van der Waals surface area contributed by atoms with Crippen molar-refractivity contribution in [3.63, 3.8) is 0 Å². The monoisotopic (exact) mass is 562 g/mol. The minimum atomic E-state index is -0.143. The molecule has 2 N–H and O–H groups in total. The Morgan fingerprint density at radius 1 is 1.32 bits per heavy atom. The fraction of sp³-hybridized carbons (Fsp3) is 0.571. The Morgan fingerprint density at radius 2 is 2.10 bits per heavy atom. The molecule has 0 unspecified atom stereocenters. The molecule has 0 amide bonds. The first-order valence-electron chi connectivity index (χ1n) is 10.3. The number of hydrogen-bond acceptors (Lipinski definition) is 5. The number of nitrogens with one attached hydrogen (secondary N) is 2. The van der Waals surface area contributed by atoms with Gasteiger partial charge in [0.15, 0.2) is 5.96 Å². The van der Waals surface area contributed by atoms with Crippen LogP contribution in [-0.2, 0) is 23.1 Å². The van der Waals surface area contributed by atoms with E-state index < -0.39 is 0 Å². The number of halogens is 2. The normalized spacial score (nSPS) is 15.8. The lowest BCUT2D eigenvalue weighted by Crippen LogP contribution is -2.48. The van der Waals surface area contributed by atoms with Gasteiger partial charge in [0.25, 0.3) is 0 Å². The molecule has 10 heteroatoms. The summed E-state index contributed by atoms with van der Waals surface area (Å²) in [4.78, 5) is 4.38. The fourth-order valence-electron chi connectivity index (χ4n) is 3.91. The van der Waals surface area contributed by atoms with Crippen LogP contribution >= 0.6 is 35.6 Å². The number of methoxy groups -OCH3 is 1. The molecule has 1 aromatic carbocycles. The highest BCUT2D eigenvalue weighted by molar-refractivity contribution is 14.0. The average Bonchev–Trinajstić information content (AvgIpc) is 3.24. The zero-order valence-corrected chi connectivity index (χ0v) is 21.4. The van der Waals surface area contributed by atoms with Gasteiger partial charge in [-0.3, -0.25) is 4.99 Å². The van der Waals surface area contributed by atoms with E-state index in [9.17, 15) is 0 Å². The second kappa shape index (κ2) is 12.4. The maximum atomic E-state index is 6.33. The van der Waals surface area contributed by atoms with E-state index in [0.29, 0.717) is 24.8 Å². The van der Waals surface area contributed by atoms with Crippen LogP contribution in [0.15, 0.2) is 29.5 Å². The molecule has 2 heterocycles. The Labute approximate surface area is 206 Å². The van der Waals surface area contributed by atoms with Gasteiger partial charge in [-0.1, -0.05) is 18.5 Å². The van der Waals surface area contributed by atoms with Crippen molar-refractivity contribution in [3.05, 3.63) is 40.9 Å². The summed E-state index contributed by atoms with van der Waals surface area (Å²) in [7, 11) is 3.48. The van der Waals surface area contributed by atoms with E-state index in [1.807, 2.05) is 18.2 Å². The van der Waals surface area contributed by atoms with Crippen molar-refractivity contribution >= 4 is 41.5 Å². The molecule has 1 aromatic heterocycles. The standard InChI is InChI=1S/C21H31ClN6O2.HI/c1-4-19-27-26-15-28(19)10-9-24-20(23-2)25-14-21(7-11-30-12-8-21)17-13-16(22)5-6-18(17)29-3;/h5-6,13,15H,4,7-12,14H2,1-3H3,(H2,23,24,25);1H. The quantitative estimate of drug-likeness (QED) is 0.292. The van der Waals surface area contributed by atoms with Crippen molar-refractivity contribution in [3.8, 4) is 5.75 Å². The molecule has 1 aliphatic heterocycles. The lowest BCUT2D eigenvalue weighted by Gasteiger charge is -2.39. The first-order valence-corrected chi connectivity index (χ1v) is 10.7. The lowest BCUT2D eigenvalue weighted by atomic mass is 9.73. The summed E-state index contributed by atoms with van der Waals surface area (Å²) >= 11 is 6.33. The second-order valence-electron chi connectivity index (χ2n) is 7.38. The van der Waals surface area contributed by atoms with Crippen LogP contribution in [-0.4, -0.2) is 61.2 Å². The summed E-state index contributed by atoms with van der Waals surface area (Å²) in [5.41, 5.74) is 0.969. The van der Waals surface area contributed by atoms with Crippen LogP contribution in [0, 0.1) is 0 Å². The number of guanidine groups is 1. The summed E-state index contributed by atoms with van der Waals surface area (Å²) < 4.78 is 13.4. The second-order valence-corrected chi connectivity index (χ2v) is 7.82. The fourth-order valence-corrected chi connectivity index (χ4v) is 4.08. The van der Waals surface area contributed by atoms with Crippen molar-refractivity contribution in [2.75, 3.05) is 40.5 Å². The van der Waals surface area contributed by atoms with Gasteiger partial charge in [0.1, 0.15) is 17.9 Å². The van der Waals surface area contributed by atoms with Crippen LogP contribution in [0.1, 0.15) is 31.2 Å². The van der Waals surface area contributed by atoms with Crippen LogP contribution in [0.2, 0.25) is 5.02 Å². The average molecular weight is 563 g/mol. The number of ether oxygens (including phenoxy) is 2. The molecule has 1 aliphatic rings. The van der Waals surface area contributed by atoms with Crippen molar-refractivity contribution in [2.45, 2.75) is 38.1 Å². The summed E-state index contributed by atoms with van der Waals surface area (Å²) in [5, 5.41) is 15.7. The number of aryl methyl sites for hydroxylation is 1. The molecule has 172 valence electrons. The van der Waals surface area contributed by atoms with Crippen LogP contribution in [0.4, 0.5) is 0 Å². The molecule has 0 atom stereocenters. The molecule has 3 rings (SSSR count). The minimum absolute atomic E-state index is 0. The van der Waals surface area contributed by atoms with E-state index in [1.165, 1.54) is 0 Å². The highest BCUT2D eigenvalue weighted by Gasteiger charge is 2.37. The van der Waals surface area contributed by atoms with Gasteiger partial charge in [0.05, 0.1) is 7.11 Å². The van der Waals surface area contributed by atoms with Crippen molar-refractivity contribution in [1.29, 1.82) is 0 Å². The van der Waals surface area contributed by atoms with Gasteiger partial charge < -0.3 is 24.7 Å². The Balaban J connectivity index is 0.00000341. The van der Waals surface area contributed by atoms with Crippen LogP contribution in [0.25, 0.3) is 0 Å². The lowest BCUT2D eigenvalue weighted by molar-refractivity contribution is 0.0505. The highest BCUT2D eigenvalue weighted by Crippen LogP contribution is 2.40. The maximum Gasteiger partial charge on any atom is 0.191 e. The Bertz CT molecular complexity index is 854. The molecule has 0 radical (unpaired) electrons. The molecule has 0 saturated carbocycles. The van der Waals surface area contributed by atoms with Crippen LogP contribution < -0.4 is 15.4 Å². The van der Waals surface area contributed by atoms with Crippen LogP contribution in [0.3, 0.4) is 0 Å². The molecule has 31 heavy (non-hydrogen) atoms. The minimum Gasteiger partial charge on any atom is -0.496 e. The van der Waals surface area contributed by atoms with Gasteiger partial charge in [-0.25, -0.2) is 0 Å². The first-order chi connectivity index (χ1) is 14.6. The van der Waals surface area contributed by atoms with Crippen molar-refractivity contribution in [2.24, 2.45) is 4.99 Å². The Hall–Kier alpha value is -1.59. The largest absolute Gasteiger partial charge is 0.496 e. The summed E-state index contributed by atoms with van der Waals surface area (Å²) in [6.07, 6.45) is 4.39. The van der Waals surface area contributed by atoms with Crippen molar-refractivity contribution in [1.82, 2.24) is 25.4 Å². The third kappa shape index (κ3) is 6.45. The molecule has 8 nitrogen and oxygen atoms in total. The zero-order chi connectivity index (χ0) is 21.4. The smallest absolute Gasteiger partial charge is 0.191 e. The van der Waals surface area contributed by atoms with Gasteiger partial charge in [0.2, 0.25) is 0 Å². The highest BCUT2D eigenvalue weighted by atomic mass is 127. The summed E-state index contributed by atoms with van der Waals surface area (Å²) in [6, 6.07) is 5.81. The Morgan fingerprint density at radius 3 is 2.77 bits per heavy atom. The third-order valence-electron chi connectivity index (χ3n) is 5.66. The number of aliphatic imine (C=N–C) groups is 1. The number of benzene rings is 1. The van der Waals surface area contributed by atoms with E-state index >= 15 is 0 Å². The predicted molar refractivity (Wildman–Crippen MR) is 134 cm³/mol. The Kier molecular flexibility index (Phi) is 10.3. The van der Waals surface area contributed by atoms with Gasteiger partial charge in [0, 0.05) is 62.3 Å². The summed E-state index contributed by atoms with van der Waals surface area (Å²) in [5.74, 6) is 2.59. The third-order valence-corrected chi connectivity index (χ3v) is 5.89. The van der Waals surface area contributed by atoms with E-state index in [0.717, 1.165) is 55.4 Å². The molecule has 0 spiro atoms. The van der Waals surface area contributed by atoms with Crippen molar-refractivity contribution < 1.29 is 9.47 Å².